The molecule has 3 rings (SSSR count). The lowest BCUT2D eigenvalue weighted by Crippen LogP contribution is -2.52. The van der Waals surface area contributed by atoms with Crippen molar-refractivity contribution in [2.45, 2.75) is 65.2 Å². The largest absolute Gasteiger partial charge is 0.357 e. The van der Waals surface area contributed by atoms with Crippen molar-refractivity contribution in [1.29, 1.82) is 0 Å². The summed E-state index contributed by atoms with van der Waals surface area (Å²) in [4.78, 5) is 12.7. The van der Waals surface area contributed by atoms with Crippen LogP contribution in [-0.2, 0) is 6.54 Å². The van der Waals surface area contributed by atoms with Crippen molar-refractivity contribution in [2.24, 2.45) is 4.99 Å². The second-order valence-electron chi connectivity index (χ2n) is 9.21. The second-order valence-corrected chi connectivity index (χ2v) is 9.21. The highest BCUT2D eigenvalue weighted by Crippen LogP contribution is 2.20. The van der Waals surface area contributed by atoms with E-state index in [2.05, 4.69) is 83.4 Å². The molecule has 2 saturated heterocycles. The van der Waals surface area contributed by atoms with Crippen LogP contribution in [0.5, 0.6) is 0 Å². The van der Waals surface area contributed by atoms with Gasteiger partial charge >= 0.3 is 0 Å². The molecule has 0 saturated carbocycles. The van der Waals surface area contributed by atoms with E-state index in [9.17, 15) is 0 Å². The number of hydrogen-bond acceptors (Lipinski definition) is 4. The van der Waals surface area contributed by atoms with Gasteiger partial charge in [-0.25, -0.2) is 0 Å². The molecular formula is C25H45IN6. The first-order chi connectivity index (χ1) is 15.1. The SMILES string of the molecule is CCNC(=NCC(C)N1CCN(CC)CC1)NC1CCN(Cc2ccccc2)C(C)C1.I. The molecule has 2 aliphatic heterocycles. The molecule has 182 valence electrons. The number of halogens is 1. The first-order valence-electron chi connectivity index (χ1n) is 12.4. The highest BCUT2D eigenvalue weighted by atomic mass is 127. The summed E-state index contributed by atoms with van der Waals surface area (Å²) in [5.41, 5.74) is 1.41. The van der Waals surface area contributed by atoms with Crippen molar-refractivity contribution >= 4 is 29.9 Å². The van der Waals surface area contributed by atoms with Crippen molar-refractivity contribution < 1.29 is 0 Å². The summed E-state index contributed by atoms with van der Waals surface area (Å²) in [7, 11) is 0. The Balaban J connectivity index is 0.00000363. The van der Waals surface area contributed by atoms with Crippen LogP contribution in [0.1, 0.15) is 46.1 Å². The first-order valence-corrected chi connectivity index (χ1v) is 12.4. The zero-order chi connectivity index (χ0) is 22.1. The van der Waals surface area contributed by atoms with Gasteiger partial charge in [-0.05, 0) is 45.7 Å². The quantitative estimate of drug-likeness (QED) is 0.293. The van der Waals surface area contributed by atoms with Gasteiger partial charge in [0, 0.05) is 63.9 Å². The molecule has 0 amide bonds. The van der Waals surface area contributed by atoms with Crippen LogP contribution in [-0.4, -0.2) is 91.1 Å². The van der Waals surface area contributed by atoms with Gasteiger partial charge in [0.25, 0.3) is 0 Å². The van der Waals surface area contributed by atoms with E-state index in [0.29, 0.717) is 18.1 Å². The number of rotatable bonds is 8. The Morgan fingerprint density at radius 3 is 2.44 bits per heavy atom. The summed E-state index contributed by atoms with van der Waals surface area (Å²) in [5, 5.41) is 7.20. The maximum Gasteiger partial charge on any atom is 0.191 e. The Labute approximate surface area is 213 Å². The van der Waals surface area contributed by atoms with Gasteiger partial charge in [-0.3, -0.25) is 14.8 Å². The molecule has 0 aromatic heterocycles. The summed E-state index contributed by atoms with van der Waals surface area (Å²) in [6.45, 7) is 18.9. The van der Waals surface area contributed by atoms with Crippen molar-refractivity contribution in [3.63, 3.8) is 0 Å². The van der Waals surface area contributed by atoms with Crippen LogP contribution in [0.2, 0.25) is 0 Å². The molecule has 32 heavy (non-hydrogen) atoms. The molecule has 3 unspecified atom stereocenters. The lowest BCUT2D eigenvalue weighted by atomic mass is 9.97. The Kier molecular flexibility index (Phi) is 12.3. The van der Waals surface area contributed by atoms with Crippen LogP contribution < -0.4 is 10.6 Å². The van der Waals surface area contributed by atoms with Gasteiger partial charge in [0.05, 0.1) is 6.54 Å². The lowest BCUT2D eigenvalue weighted by molar-refractivity contribution is 0.109. The minimum atomic E-state index is 0. The number of aliphatic imine (C=N–C) groups is 1. The Morgan fingerprint density at radius 2 is 1.81 bits per heavy atom. The van der Waals surface area contributed by atoms with E-state index < -0.39 is 0 Å². The minimum Gasteiger partial charge on any atom is -0.357 e. The minimum absolute atomic E-state index is 0. The van der Waals surface area contributed by atoms with E-state index in [-0.39, 0.29) is 24.0 Å². The summed E-state index contributed by atoms with van der Waals surface area (Å²) in [6.07, 6.45) is 2.32. The van der Waals surface area contributed by atoms with Gasteiger partial charge in [-0.2, -0.15) is 0 Å². The predicted octanol–water partition coefficient (Wildman–Crippen LogP) is 3.24. The van der Waals surface area contributed by atoms with E-state index in [1.165, 1.54) is 18.7 Å². The monoisotopic (exact) mass is 556 g/mol. The van der Waals surface area contributed by atoms with Crippen LogP contribution in [0.15, 0.2) is 35.3 Å². The molecule has 2 N–H and O–H groups in total. The van der Waals surface area contributed by atoms with Gasteiger partial charge in [-0.1, -0.05) is 37.3 Å². The number of guanidine groups is 1. The molecule has 0 radical (unpaired) electrons. The Bertz CT molecular complexity index is 662. The summed E-state index contributed by atoms with van der Waals surface area (Å²) in [5.74, 6) is 0.982. The smallest absolute Gasteiger partial charge is 0.191 e. The van der Waals surface area contributed by atoms with Crippen molar-refractivity contribution in [2.75, 3.05) is 52.4 Å². The van der Waals surface area contributed by atoms with Crippen LogP contribution in [0.3, 0.4) is 0 Å². The van der Waals surface area contributed by atoms with Crippen molar-refractivity contribution in [3.8, 4) is 0 Å². The summed E-state index contributed by atoms with van der Waals surface area (Å²) < 4.78 is 0. The van der Waals surface area contributed by atoms with Crippen LogP contribution in [0, 0.1) is 0 Å². The fourth-order valence-electron chi connectivity index (χ4n) is 4.78. The number of piperidine rings is 1. The van der Waals surface area contributed by atoms with Gasteiger partial charge in [0.15, 0.2) is 5.96 Å². The molecule has 2 heterocycles. The van der Waals surface area contributed by atoms with Crippen molar-refractivity contribution in [3.05, 3.63) is 35.9 Å². The number of nitrogens with one attached hydrogen (secondary N) is 2. The molecule has 6 nitrogen and oxygen atoms in total. The second kappa shape index (κ2) is 14.4. The van der Waals surface area contributed by atoms with Gasteiger partial charge in [0.2, 0.25) is 0 Å². The molecular weight excluding hydrogens is 511 g/mol. The normalized spacial score (nSPS) is 24.6. The molecule has 7 heteroatoms. The molecule has 2 aliphatic rings. The lowest BCUT2D eigenvalue weighted by Gasteiger charge is -2.38. The van der Waals surface area contributed by atoms with Crippen molar-refractivity contribution in [1.82, 2.24) is 25.3 Å². The fraction of sp³-hybridized carbons (Fsp3) is 0.720. The standard InChI is InChI=1S/C25H44N6.HI/c1-5-26-25(27-19-22(4)30-16-14-29(6-2)15-17-30)28-24-12-13-31(21(3)18-24)20-23-10-8-7-9-11-23;/h7-11,21-22,24H,5-6,12-20H2,1-4H3,(H2,26,27,28);1H. The molecule has 1 aromatic carbocycles. The van der Waals surface area contributed by atoms with Gasteiger partial charge < -0.3 is 15.5 Å². The molecule has 0 spiro atoms. The molecule has 0 bridgehead atoms. The van der Waals surface area contributed by atoms with E-state index in [1.807, 2.05) is 0 Å². The molecule has 3 atom stereocenters. The third-order valence-corrected chi connectivity index (χ3v) is 6.92. The first kappa shape index (κ1) is 27.3. The Hall–Kier alpha value is -0.900. The number of piperazine rings is 1. The van der Waals surface area contributed by atoms with Crippen LogP contribution in [0.4, 0.5) is 0 Å². The topological polar surface area (TPSA) is 46.1 Å². The number of nitrogens with zero attached hydrogens (tertiary/aromatic N) is 4. The van der Waals surface area contributed by atoms with E-state index in [1.54, 1.807) is 0 Å². The summed E-state index contributed by atoms with van der Waals surface area (Å²) in [6, 6.07) is 12.4. The van der Waals surface area contributed by atoms with Crippen LogP contribution in [0.25, 0.3) is 0 Å². The van der Waals surface area contributed by atoms with Gasteiger partial charge in [0.1, 0.15) is 0 Å². The molecule has 2 fully saturated rings. The molecule has 0 aliphatic carbocycles. The third-order valence-electron chi connectivity index (χ3n) is 6.92. The van der Waals surface area contributed by atoms with E-state index in [4.69, 9.17) is 4.99 Å². The number of likely N-dealkylation sites (N-methyl/N-ethyl adjacent to an activating group) is 1. The highest BCUT2D eigenvalue weighted by Gasteiger charge is 2.26. The summed E-state index contributed by atoms with van der Waals surface area (Å²) >= 11 is 0. The number of hydrogen-bond donors (Lipinski definition) is 2. The van der Waals surface area contributed by atoms with E-state index >= 15 is 0 Å². The zero-order valence-electron chi connectivity index (χ0n) is 20.6. The van der Waals surface area contributed by atoms with E-state index in [0.717, 1.165) is 64.6 Å². The average Bonchev–Trinajstić information content (AvgIpc) is 2.80. The van der Waals surface area contributed by atoms with Crippen LogP contribution >= 0.6 is 24.0 Å². The highest BCUT2D eigenvalue weighted by molar-refractivity contribution is 14.0. The zero-order valence-corrected chi connectivity index (χ0v) is 22.9. The average molecular weight is 557 g/mol. The third kappa shape index (κ3) is 8.47. The molecule has 1 aromatic rings. The fourth-order valence-corrected chi connectivity index (χ4v) is 4.78. The predicted molar refractivity (Wildman–Crippen MR) is 147 cm³/mol. The number of benzene rings is 1. The maximum absolute atomic E-state index is 4.96. The number of likely N-dealkylation sites (tertiary alicyclic amines) is 1. The Morgan fingerprint density at radius 1 is 1.09 bits per heavy atom. The van der Waals surface area contributed by atoms with Gasteiger partial charge in [-0.15, -0.1) is 24.0 Å². The maximum atomic E-state index is 4.96.